The van der Waals surface area contributed by atoms with Crippen LogP contribution < -0.4 is 0 Å². The van der Waals surface area contributed by atoms with Gasteiger partial charge >= 0.3 is 0 Å². The van der Waals surface area contributed by atoms with Gasteiger partial charge in [-0.05, 0) is 36.7 Å². The van der Waals surface area contributed by atoms with E-state index in [9.17, 15) is 5.11 Å². The Labute approximate surface area is 98.5 Å². The van der Waals surface area contributed by atoms with Crippen LogP contribution in [0.25, 0.3) is 0 Å². The van der Waals surface area contributed by atoms with E-state index in [2.05, 4.69) is 31.2 Å². The highest BCUT2D eigenvalue weighted by atomic mass is 16.3. The Morgan fingerprint density at radius 2 is 1.94 bits per heavy atom. The standard InChI is InChI=1S/C15H22O/c1-12(14-5-3-2-4-6-14)11-15(16)10-9-13-7-8-13/h2-6,12-13,15-16H,7-11H2,1H3. The molecule has 1 nitrogen and oxygen atoms in total. The summed E-state index contributed by atoms with van der Waals surface area (Å²) >= 11 is 0. The van der Waals surface area contributed by atoms with Crippen molar-refractivity contribution in [2.45, 2.75) is 51.0 Å². The van der Waals surface area contributed by atoms with Gasteiger partial charge in [0.1, 0.15) is 0 Å². The van der Waals surface area contributed by atoms with Crippen LogP contribution in [0.1, 0.15) is 50.5 Å². The van der Waals surface area contributed by atoms with Crippen LogP contribution in [-0.4, -0.2) is 11.2 Å². The Morgan fingerprint density at radius 3 is 2.56 bits per heavy atom. The van der Waals surface area contributed by atoms with Crippen molar-refractivity contribution in [2.24, 2.45) is 5.92 Å². The first-order chi connectivity index (χ1) is 7.75. The van der Waals surface area contributed by atoms with Crippen LogP contribution in [0.2, 0.25) is 0 Å². The molecular formula is C15H22O. The van der Waals surface area contributed by atoms with E-state index < -0.39 is 0 Å². The summed E-state index contributed by atoms with van der Waals surface area (Å²) in [6.07, 6.45) is 5.78. The molecule has 2 unspecified atom stereocenters. The molecule has 1 aromatic carbocycles. The van der Waals surface area contributed by atoms with Crippen molar-refractivity contribution in [1.82, 2.24) is 0 Å². The fourth-order valence-electron chi connectivity index (χ4n) is 2.28. The molecule has 0 aromatic heterocycles. The predicted octanol–water partition coefficient (Wildman–Crippen LogP) is 3.73. The summed E-state index contributed by atoms with van der Waals surface area (Å²) in [5.41, 5.74) is 1.34. The second-order valence-corrected chi connectivity index (χ2v) is 5.22. The van der Waals surface area contributed by atoms with Crippen LogP contribution in [-0.2, 0) is 0 Å². The summed E-state index contributed by atoms with van der Waals surface area (Å²) in [6, 6.07) is 10.5. The molecule has 1 N–H and O–H groups in total. The highest BCUT2D eigenvalue weighted by molar-refractivity contribution is 5.18. The summed E-state index contributed by atoms with van der Waals surface area (Å²) in [5, 5.41) is 9.96. The molecule has 1 aliphatic carbocycles. The van der Waals surface area contributed by atoms with Crippen molar-refractivity contribution in [1.29, 1.82) is 0 Å². The normalized spacial score (nSPS) is 19.4. The van der Waals surface area contributed by atoms with Gasteiger partial charge in [-0.3, -0.25) is 0 Å². The molecule has 1 heteroatoms. The van der Waals surface area contributed by atoms with Crippen molar-refractivity contribution in [2.75, 3.05) is 0 Å². The van der Waals surface area contributed by atoms with Crippen LogP contribution in [0, 0.1) is 5.92 Å². The summed E-state index contributed by atoms with van der Waals surface area (Å²) in [6.45, 7) is 2.20. The van der Waals surface area contributed by atoms with Crippen LogP contribution in [0.15, 0.2) is 30.3 Å². The second-order valence-electron chi connectivity index (χ2n) is 5.22. The van der Waals surface area contributed by atoms with E-state index in [-0.39, 0.29) is 6.10 Å². The van der Waals surface area contributed by atoms with Crippen molar-refractivity contribution in [3.63, 3.8) is 0 Å². The third kappa shape index (κ3) is 3.64. The fraction of sp³-hybridized carbons (Fsp3) is 0.600. The molecular weight excluding hydrogens is 196 g/mol. The summed E-state index contributed by atoms with van der Waals surface area (Å²) in [7, 11) is 0. The number of aliphatic hydroxyl groups is 1. The first-order valence-corrected chi connectivity index (χ1v) is 6.48. The Bertz CT molecular complexity index is 302. The van der Waals surface area contributed by atoms with Gasteiger partial charge in [-0.15, -0.1) is 0 Å². The van der Waals surface area contributed by atoms with E-state index in [0.717, 1.165) is 18.8 Å². The van der Waals surface area contributed by atoms with Crippen molar-refractivity contribution in [3.8, 4) is 0 Å². The topological polar surface area (TPSA) is 20.2 Å². The number of hydrogen-bond acceptors (Lipinski definition) is 1. The van der Waals surface area contributed by atoms with Crippen LogP contribution in [0.4, 0.5) is 0 Å². The highest BCUT2D eigenvalue weighted by Crippen LogP contribution is 2.34. The van der Waals surface area contributed by atoms with Crippen LogP contribution in [0.3, 0.4) is 0 Å². The average molecular weight is 218 g/mol. The van der Waals surface area contributed by atoms with Gasteiger partial charge in [0.05, 0.1) is 6.10 Å². The molecule has 0 bridgehead atoms. The fourth-order valence-corrected chi connectivity index (χ4v) is 2.28. The van der Waals surface area contributed by atoms with Gasteiger partial charge in [0, 0.05) is 0 Å². The first kappa shape index (κ1) is 11.7. The molecule has 88 valence electrons. The number of rotatable bonds is 6. The highest BCUT2D eigenvalue weighted by Gasteiger charge is 2.22. The zero-order chi connectivity index (χ0) is 11.4. The number of aliphatic hydroxyl groups excluding tert-OH is 1. The van der Waals surface area contributed by atoms with Crippen molar-refractivity contribution >= 4 is 0 Å². The molecule has 0 aliphatic heterocycles. The van der Waals surface area contributed by atoms with Gasteiger partial charge in [0.25, 0.3) is 0 Å². The monoisotopic (exact) mass is 218 g/mol. The minimum atomic E-state index is -0.115. The molecule has 0 saturated heterocycles. The molecule has 1 saturated carbocycles. The van der Waals surface area contributed by atoms with E-state index in [1.165, 1.54) is 24.8 Å². The van der Waals surface area contributed by atoms with Crippen LogP contribution in [0.5, 0.6) is 0 Å². The number of hydrogen-bond donors (Lipinski definition) is 1. The molecule has 16 heavy (non-hydrogen) atoms. The Morgan fingerprint density at radius 1 is 1.25 bits per heavy atom. The lowest BCUT2D eigenvalue weighted by molar-refractivity contribution is 0.143. The molecule has 2 rings (SSSR count). The largest absolute Gasteiger partial charge is 0.393 e. The molecule has 2 atom stereocenters. The van der Waals surface area contributed by atoms with Crippen molar-refractivity contribution in [3.05, 3.63) is 35.9 Å². The zero-order valence-electron chi connectivity index (χ0n) is 10.1. The molecule has 1 aliphatic rings. The average Bonchev–Trinajstić information content (AvgIpc) is 3.11. The van der Waals surface area contributed by atoms with Gasteiger partial charge in [0.15, 0.2) is 0 Å². The Hall–Kier alpha value is -0.820. The van der Waals surface area contributed by atoms with E-state index in [4.69, 9.17) is 0 Å². The quantitative estimate of drug-likeness (QED) is 0.771. The van der Waals surface area contributed by atoms with Gasteiger partial charge < -0.3 is 5.11 Å². The van der Waals surface area contributed by atoms with Gasteiger partial charge in [-0.1, -0.05) is 50.1 Å². The smallest absolute Gasteiger partial charge is 0.0546 e. The van der Waals surface area contributed by atoms with E-state index in [0.29, 0.717) is 5.92 Å². The lowest BCUT2D eigenvalue weighted by atomic mass is 9.93. The third-order valence-corrected chi connectivity index (χ3v) is 3.60. The summed E-state index contributed by atoms with van der Waals surface area (Å²) < 4.78 is 0. The van der Waals surface area contributed by atoms with E-state index in [1.54, 1.807) is 0 Å². The lowest BCUT2D eigenvalue weighted by Crippen LogP contribution is -2.11. The summed E-state index contributed by atoms with van der Waals surface area (Å²) in [5.74, 6) is 1.40. The molecule has 0 heterocycles. The van der Waals surface area contributed by atoms with E-state index in [1.807, 2.05) is 6.07 Å². The Balaban J connectivity index is 1.74. The zero-order valence-corrected chi connectivity index (χ0v) is 10.1. The maximum atomic E-state index is 9.96. The maximum absolute atomic E-state index is 9.96. The first-order valence-electron chi connectivity index (χ1n) is 6.48. The maximum Gasteiger partial charge on any atom is 0.0546 e. The third-order valence-electron chi connectivity index (χ3n) is 3.60. The summed E-state index contributed by atoms with van der Waals surface area (Å²) in [4.78, 5) is 0. The molecule has 0 radical (unpaired) electrons. The molecule has 0 spiro atoms. The van der Waals surface area contributed by atoms with Gasteiger partial charge in [-0.25, -0.2) is 0 Å². The van der Waals surface area contributed by atoms with Gasteiger partial charge in [-0.2, -0.15) is 0 Å². The number of benzene rings is 1. The van der Waals surface area contributed by atoms with Crippen LogP contribution >= 0.6 is 0 Å². The predicted molar refractivity (Wildman–Crippen MR) is 67.4 cm³/mol. The minimum absolute atomic E-state index is 0.115. The Kier molecular flexibility index (Phi) is 4.00. The lowest BCUT2D eigenvalue weighted by Gasteiger charge is -2.16. The minimum Gasteiger partial charge on any atom is -0.393 e. The van der Waals surface area contributed by atoms with Crippen molar-refractivity contribution < 1.29 is 5.11 Å². The molecule has 0 amide bonds. The van der Waals surface area contributed by atoms with Gasteiger partial charge in [0.2, 0.25) is 0 Å². The SMILES string of the molecule is CC(CC(O)CCC1CC1)c1ccccc1. The molecule has 1 fully saturated rings. The van der Waals surface area contributed by atoms with E-state index >= 15 is 0 Å². The second kappa shape index (κ2) is 5.49. The molecule has 1 aromatic rings.